The number of morpholine rings is 1. The van der Waals surface area contributed by atoms with Crippen LogP contribution in [0.2, 0.25) is 0 Å². The zero-order valence-electron chi connectivity index (χ0n) is 15.7. The monoisotopic (exact) mass is 369 g/mol. The van der Waals surface area contributed by atoms with Crippen LogP contribution in [0.1, 0.15) is 12.5 Å². The molecule has 0 bridgehead atoms. The van der Waals surface area contributed by atoms with Crippen LogP contribution in [-0.2, 0) is 11.2 Å². The Kier molecular flexibility index (Phi) is 6.93. The van der Waals surface area contributed by atoms with Gasteiger partial charge in [-0.1, -0.05) is 37.3 Å². The number of nitrogens with one attached hydrogen (secondary N) is 2. The van der Waals surface area contributed by atoms with Gasteiger partial charge in [-0.2, -0.15) is 0 Å². The minimum absolute atomic E-state index is 0.233. The number of benzene rings is 2. The Morgan fingerprint density at radius 1 is 1.11 bits per heavy atom. The summed E-state index contributed by atoms with van der Waals surface area (Å²) in [6.07, 6.45) is 0.919. The highest BCUT2D eigenvalue weighted by atomic mass is 16.5. The highest BCUT2D eigenvalue weighted by Crippen LogP contribution is 2.26. The van der Waals surface area contributed by atoms with Crippen LogP contribution >= 0.6 is 0 Å². The summed E-state index contributed by atoms with van der Waals surface area (Å²) >= 11 is 0. The lowest BCUT2D eigenvalue weighted by molar-refractivity contribution is 0.123. The summed E-state index contributed by atoms with van der Waals surface area (Å²) < 4.78 is 11.2. The molecule has 0 unspecified atom stereocenters. The molecule has 6 heteroatoms. The second-order valence-corrected chi connectivity index (χ2v) is 6.31. The predicted molar refractivity (Wildman–Crippen MR) is 108 cm³/mol. The quantitative estimate of drug-likeness (QED) is 0.735. The SMILES string of the molecule is CCc1ccccc1OCCNC(=O)Nc1ccccc1N1CCOCC1. The minimum Gasteiger partial charge on any atom is -0.491 e. The zero-order chi connectivity index (χ0) is 18.9. The fourth-order valence-corrected chi connectivity index (χ4v) is 3.09. The van der Waals surface area contributed by atoms with Crippen molar-refractivity contribution in [3.8, 4) is 5.75 Å². The smallest absolute Gasteiger partial charge is 0.319 e. The molecular weight excluding hydrogens is 342 g/mol. The lowest BCUT2D eigenvalue weighted by atomic mass is 10.1. The van der Waals surface area contributed by atoms with Crippen LogP contribution in [0.4, 0.5) is 16.2 Å². The topological polar surface area (TPSA) is 62.8 Å². The van der Waals surface area contributed by atoms with E-state index in [9.17, 15) is 4.79 Å². The van der Waals surface area contributed by atoms with E-state index < -0.39 is 0 Å². The molecule has 0 atom stereocenters. The van der Waals surface area contributed by atoms with Gasteiger partial charge in [0.1, 0.15) is 12.4 Å². The molecule has 0 spiro atoms. The average molecular weight is 369 g/mol. The van der Waals surface area contributed by atoms with Gasteiger partial charge in [-0.3, -0.25) is 0 Å². The third-order valence-electron chi connectivity index (χ3n) is 4.50. The molecule has 1 fully saturated rings. The van der Waals surface area contributed by atoms with Gasteiger partial charge in [0.15, 0.2) is 0 Å². The van der Waals surface area contributed by atoms with Crippen molar-refractivity contribution in [2.24, 2.45) is 0 Å². The molecule has 0 aliphatic carbocycles. The van der Waals surface area contributed by atoms with Crippen LogP contribution < -0.4 is 20.3 Å². The van der Waals surface area contributed by atoms with E-state index in [1.807, 2.05) is 42.5 Å². The molecule has 0 saturated carbocycles. The molecule has 1 aliphatic heterocycles. The molecule has 1 aliphatic rings. The van der Waals surface area contributed by atoms with Gasteiger partial charge in [0, 0.05) is 13.1 Å². The molecule has 1 saturated heterocycles. The summed E-state index contributed by atoms with van der Waals surface area (Å²) in [7, 11) is 0. The van der Waals surface area contributed by atoms with Gasteiger partial charge in [0.25, 0.3) is 0 Å². The van der Waals surface area contributed by atoms with Crippen molar-refractivity contribution in [3.05, 3.63) is 54.1 Å². The van der Waals surface area contributed by atoms with Crippen LogP contribution in [0.25, 0.3) is 0 Å². The van der Waals surface area contributed by atoms with Crippen molar-refractivity contribution in [1.82, 2.24) is 5.32 Å². The number of hydrogen-bond acceptors (Lipinski definition) is 4. The third-order valence-corrected chi connectivity index (χ3v) is 4.50. The van der Waals surface area contributed by atoms with Crippen LogP contribution in [0.3, 0.4) is 0 Å². The Morgan fingerprint density at radius 3 is 2.67 bits per heavy atom. The maximum Gasteiger partial charge on any atom is 0.319 e. The summed E-state index contributed by atoms with van der Waals surface area (Å²) in [6, 6.07) is 15.6. The van der Waals surface area contributed by atoms with E-state index in [-0.39, 0.29) is 6.03 Å². The fraction of sp³-hybridized carbons (Fsp3) is 0.381. The number of nitrogens with zero attached hydrogens (tertiary/aromatic N) is 1. The van der Waals surface area contributed by atoms with Gasteiger partial charge in [-0.15, -0.1) is 0 Å². The minimum atomic E-state index is -0.233. The van der Waals surface area contributed by atoms with Gasteiger partial charge in [0.2, 0.25) is 0 Å². The molecule has 1 heterocycles. The molecule has 2 aromatic rings. The molecule has 6 nitrogen and oxygen atoms in total. The number of amides is 2. The number of anilines is 2. The first-order chi connectivity index (χ1) is 13.3. The number of ether oxygens (including phenoxy) is 2. The first-order valence-electron chi connectivity index (χ1n) is 9.45. The third kappa shape index (κ3) is 5.37. The Hall–Kier alpha value is -2.73. The average Bonchev–Trinajstić information content (AvgIpc) is 2.72. The normalized spacial score (nSPS) is 13.9. The molecule has 2 amide bonds. The molecule has 3 rings (SSSR count). The standard InChI is InChI=1S/C21H27N3O3/c1-2-17-7-3-6-10-20(17)27-14-11-22-21(25)23-18-8-4-5-9-19(18)24-12-15-26-16-13-24/h3-10H,2,11-16H2,1H3,(H2,22,23,25). The molecule has 144 valence electrons. The van der Waals surface area contributed by atoms with Crippen molar-refractivity contribution in [2.75, 3.05) is 49.7 Å². The van der Waals surface area contributed by atoms with Crippen LogP contribution in [0.15, 0.2) is 48.5 Å². The largest absolute Gasteiger partial charge is 0.491 e. The maximum atomic E-state index is 12.3. The van der Waals surface area contributed by atoms with E-state index >= 15 is 0 Å². The van der Waals surface area contributed by atoms with E-state index in [1.54, 1.807) is 0 Å². The molecule has 27 heavy (non-hydrogen) atoms. The number of carbonyl (C=O) groups excluding carboxylic acids is 1. The van der Waals surface area contributed by atoms with Crippen LogP contribution in [0.5, 0.6) is 5.75 Å². The number of urea groups is 1. The summed E-state index contributed by atoms with van der Waals surface area (Å²) in [5.74, 6) is 0.875. The van der Waals surface area contributed by atoms with Gasteiger partial charge in [-0.25, -0.2) is 4.79 Å². The predicted octanol–water partition coefficient (Wildman–Crippen LogP) is 3.29. The van der Waals surface area contributed by atoms with Crippen molar-refractivity contribution in [2.45, 2.75) is 13.3 Å². The summed E-state index contributed by atoms with van der Waals surface area (Å²) in [6.45, 7) is 6.02. The lowest BCUT2D eigenvalue weighted by Crippen LogP contribution is -2.37. The molecular formula is C21H27N3O3. The van der Waals surface area contributed by atoms with Crippen molar-refractivity contribution in [1.29, 1.82) is 0 Å². The lowest BCUT2D eigenvalue weighted by Gasteiger charge is -2.30. The highest BCUT2D eigenvalue weighted by Gasteiger charge is 2.15. The van der Waals surface area contributed by atoms with Gasteiger partial charge < -0.3 is 25.0 Å². The van der Waals surface area contributed by atoms with E-state index in [0.29, 0.717) is 26.4 Å². The second kappa shape index (κ2) is 9.83. The molecule has 0 aromatic heterocycles. The van der Waals surface area contributed by atoms with E-state index in [0.717, 1.165) is 36.6 Å². The Labute approximate surface area is 160 Å². The van der Waals surface area contributed by atoms with E-state index in [2.05, 4.69) is 28.5 Å². The zero-order valence-corrected chi connectivity index (χ0v) is 15.7. The molecule has 2 N–H and O–H groups in total. The van der Waals surface area contributed by atoms with E-state index in [1.165, 1.54) is 5.56 Å². The summed E-state index contributed by atoms with van der Waals surface area (Å²) in [5, 5.41) is 5.79. The molecule has 0 radical (unpaired) electrons. The van der Waals surface area contributed by atoms with Crippen LogP contribution in [-0.4, -0.2) is 45.5 Å². The van der Waals surface area contributed by atoms with Gasteiger partial charge >= 0.3 is 6.03 Å². The second-order valence-electron chi connectivity index (χ2n) is 6.31. The first-order valence-corrected chi connectivity index (χ1v) is 9.45. The molecule has 2 aromatic carbocycles. The van der Waals surface area contributed by atoms with Crippen LogP contribution in [0, 0.1) is 0 Å². The number of aryl methyl sites for hydroxylation is 1. The summed E-state index contributed by atoms with van der Waals surface area (Å²) in [5.41, 5.74) is 2.99. The van der Waals surface area contributed by atoms with Gasteiger partial charge in [0.05, 0.1) is 31.1 Å². The number of para-hydroxylation sites is 3. The Bertz CT molecular complexity index is 745. The van der Waals surface area contributed by atoms with Gasteiger partial charge in [-0.05, 0) is 30.2 Å². The number of hydrogen-bond donors (Lipinski definition) is 2. The van der Waals surface area contributed by atoms with Crippen molar-refractivity contribution in [3.63, 3.8) is 0 Å². The van der Waals surface area contributed by atoms with Crippen molar-refractivity contribution >= 4 is 17.4 Å². The Balaban J connectivity index is 1.48. The van der Waals surface area contributed by atoms with Crippen molar-refractivity contribution < 1.29 is 14.3 Å². The number of carbonyl (C=O) groups is 1. The maximum absolute atomic E-state index is 12.3. The Morgan fingerprint density at radius 2 is 1.85 bits per heavy atom. The number of rotatable bonds is 7. The van der Waals surface area contributed by atoms with E-state index in [4.69, 9.17) is 9.47 Å². The fourth-order valence-electron chi connectivity index (χ4n) is 3.09. The summed E-state index contributed by atoms with van der Waals surface area (Å²) in [4.78, 5) is 14.5. The highest BCUT2D eigenvalue weighted by molar-refractivity contribution is 5.93. The first kappa shape index (κ1) is 19.0.